The number of hydrogen-bond donors (Lipinski definition) is 1. The summed E-state index contributed by atoms with van der Waals surface area (Å²) in [4.78, 5) is 12.9. The highest BCUT2D eigenvalue weighted by Crippen LogP contribution is 2.27. The van der Waals surface area contributed by atoms with Crippen molar-refractivity contribution in [2.24, 2.45) is 0 Å². The number of hydrogen-bond acceptors (Lipinski definition) is 3. The van der Waals surface area contributed by atoms with Crippen LogP contribution >= 0.6 is 35.0 Å². The summed E-state index contributed by atoms with van der Waals surface area (Å²) in [7, 11) is 1.54. The molecule has 3 nitrogen and oxygen atoms in total. The number of ether oxygens (including phenoxy) is 1. The van der Waals surface area contributed by atoms with Crippen molar-refractivity contribution in [1.29, 1.82) is 0 Å². The summed E-state index contributed by atoms with van der Waals surface area (Å²) in [6.07, 6.45) is 0. The number of halogens is 2. The quantitative estimate of drug-likeness (QED) is 0.798. The van der Waals surface area contributed by atoms with Gasteiger partial charge in [-0.15, -0.1) is 11.8 Å². The van der Waals surface area contributed by atoms with Gasteiger partial charge in [0, 0.05) is 15.6 Å². The van der Waals surface area contributed by atoms with Crippen molar-refractivity contribution in [2.75, 3.05) is 18.2 Å². The van der Waals surface area contributed by atoms with Gasteiger partial charge >= 0.3 is 0 Å². The van der Waals surface area contributed by atoms with E-state index in [9.17, 15) is 4.79 Å². The Kier molecular flexibility index (Phi) is 5.79. The van der Waals surface area contributed by atoms with Gasteiger partial charge in [-0.3, -0.25) is 4.79 Å². The summed E-state index contributed by atoms with van der Waals surface area (Å²) in [6, 6.07) is 12.5. The average Bonchev–Trinajstić information content (AvgIpc) is 2.47. The molecule has 21 heavy (non-hydrogen) atoms. The van der Waals surface area contributed by atoms with Crippen molar-refractivity contribution in [3.8, 4) is 5.75 Å². The van der Waals surface area contributed by atoms with E-state index in [1.165, 1.54) is 11.8 Å². The van der Waals surface area contributed by atoms with Crippen LogP contribution in [-0.2, 0) is 4.79 Å². The maximum atomic E-state index is 11.9. The second kappa shape index (κ2) is 7.59. The summed E-state index contributed by atoms with van der Waals surface area (Å²) in [5.41, 5.74) is 0.641. The molecule has 0 fully saturated rings. The van der Waals surface area contributed by atoms with E-state index in [0.717, 1.165) is 4.90 Å². The van der Waals surface area contributed by atoms with E-state index in [0.29, 0.717) is 27.2 Å². The van der Waals surface area contributed by atoms with Crippen molar-refractivity contribution < 1.29 is 9.53 Å². The molecule has 0 atom stereocenters. The molecule has 0 aromatic heterocycles. The number of methoxy groups -OCH3 is 1. The number of amides is 1. The monoisotopic (exact) mass is 341 g/mol. The average molecular weight is 342 g/mol. The van der Waals surface area contributed by atoms with Gasteiger partial charge in [0.15, 0.2) is 0 Å². The third-order valence-electron chi connectivity index (χ3n) is 2.62. The number of thioether (sulfide) groups is 1. The van der Waals surface area contributed by atoms with Crippen LogP contribution in [0.5, 0.6) is 5.75 Å². The molecule has 2 aromatic rings. The molecule has 0 spiro atoms. The second-order valence-corrected chi connectivity index (χ2v) is 6.03. The first-order valence-corrected chi connectivity index (χ1v) is 7.84. The Morgan fingerprint density at radius 1 is 1.19 bits per heavy atom. The zero-order valence-corrected chi connectivity index (χ0v) is 13.6. The molecule has 0 bridgehead atoms. The molecule has 0 saturated heterocycles. The first-order valence-electron chi connectivity index (χ1n) is 6.10. The number of carbonyl (C=O) groups is 1. The van der Waals surface area contributed by atoms with Crippen molar-refractivity contribution in [3.05, 3.63) is 52.5 Å². The summed E-state index contributed by atoms with van der Waals surface area (Å²) in [5, 5.41) is 3.93. The lowest BCUT2D eigenvalue weighted by atomic mass is 10.3. The van der Waals surface area contributed by atoms with Crippen LogP contribution < -0.4 is 10.1 Å². The van der Waals surface area contributed by atoms with Crippen molar-refractivity contribution >= 4 is 46.6 Å². The minimum absolute atomic E-state index is 0.101. The van der Waals surface area contributed by atoms with Gasteiger partial charge in [-0.1, -0.05) is 23.2 Å². The molecule has 0 heterocycles. The topological polar surface area (TPSA) is 38.3 Å². The van der Waals surface area contributed by atoms with Gasteiger partial charge in [0.05, 0.1) is 17.9 Å². The largest absolute Gasteiger partial charge is 0.495 e. The maximum Gasteiger partial charge on any atom is 0.234 e. The van der Waals surface area contributed by atoms with Gasteiger partial charge in [-0.25, -0.2) is 0 Å². The number of carbonyl (C=O) groups excluding carboxylic acids is 1. The zero-order valence-electron chi connectivity index (χ0n) is 11.2. The normalized spacial score (nSPS) is 10.2. The third-order valence-corrected chi connectivity index (χ3v) is 4.18. The van der Waals surface area contributed by atoms with Gasteiger partial charge in [0.1, 0.15) is 5.75 Å². The minimum Gasteiger partial charge on any atom is -0.495 e. The molecule has 0 aliphatic rings. The van der Waals surface area contributed by atoms with Crippen molar-refractivity contribution in [3.63, 3.8) is 0 Å². The predicted octanol–water partition coefficient (Wildman–Crippen LogP) is 4.73. The Bertz CT molecular complexity index is 632. The van der Waals surface area contributed by atoms with E-state index in [4.69, 9.17) is 27.9 Å². The van der Waals surface area contributed by atoms with Crippen molar-refractivity contribution in [2.45, 2.75) is 4.90 Å². The number of nitrogens with one attached hydrogen (secondary N) is 1. The molecular weight excluding hydrogens is 329 g/mol. The maximum absolute atomic E-state index is 11.9. The van der Waals surface area contributed by atoms with Crippen LogP contribution in [0.4, 0.5) is 5.69 Å². The van der Waals surface area contributed by atoms with E-state index in [1.807, 2.05) is 12.1 Å². The van der Waals surface area contributed by atoms with Crippen LogP contribution in [-0.4, -0.2) is 18.8 Å². The number of benzene rings is 2. The van der Waals surface area contributed by atoms with Crippen LogP contribution in [0.3, 0.4) is 0 Å². The SMILES string of the molecule is COc1ccc(NC(=O)CSc2ccc(Cl)cc2)cc1Cl. The molecule has 1 N–H and O–H groups in total. The summed E-state index contributed by atoms with van der Waals surface area (Å²) < 4.78 is 5.06. The highest BCUT2D eigenvalue weighted by atomic mass is 35.5. The van der Waals surface area contributed by atoms with Gasteiger partial charge in [-0.05, 0) is 42.5 Å². The van der Waals surface area contributed by atoms with E-state index in [1.54, 1.807) is 37.4 Å². The highest BCUT2D eigenvalue weighted by Gasteiger charge is 2.06. The molecule has 0 saturated carbocycles. The first kappa shape index (κ1) is 16.0. The van der Waals surface area contributed by atoms with Crippen LogP contribution in [0.25, 0.3) is 0 Å². The molecule has 2 aromatic carbocycles. The molecular formula is C15H13Cl2NO2S. The summed E-state index contributed by atoms with van der Waals surface area (Å²) in [5.74, 6) is 0.784. The first-order chi connectivity index (χ1) is 10.1. The Morgan fingerprint density at radius 3 is 2.52 bits per heavy atom. The van der Waals surface area contributed by atoms with E-state index in [2.05, 4.69) is 5.32 Å². The second-order valence-electron chi connectivity index (χ2n) is 4.14. The smallest absolute Gasteiger partial charge is 0.234 e. The Labute approximate surface area is 137 Å². The standard InChI is InChI=1S/C15H13Cl2NO2S/c1-20-14-7-4-11(8-13(14)17)18-15(19)9-21-12-5-2-10(16)3-6-12/h2-8H,9H2,1H3,(H,18,19). The minimum atomic E-state index is -0.101. The zero-order chi connectivity index (χ0) is 15.2. The Hall–Kier alpha value is -1.36. The molecule has 0 radical (unpaired) electrons. The summed E-state index contributed by atoms with van der Waals surface area (Å²) in [6.45, 7) is 0. The molecule has 0 unspecified atom stereocenters. The Morgan fingerprint density at radius 2 is 1.90 bits per heavy atom. The fourth-order valence-electron chi connectivity index (χ4n) is 1.62. The molecule has 2 rings (SSSR count). The predicted molar refractivity (Wildman–Crippen MR) is 88.8 cm³/mol. The van der Waals surface area contributed by atoms with Crippen molar-refractivity contribution in [1.82, 2.24) is 0 Å². The Balaban J connectivity index is 1.89. The number of anilines is 1. The fraction of sp³-hybridized carbons (Fsp3) is 0.133. The number of rotatable bonds is 5. The van der Waals surface area contributed by atoms with Crippen LogP contribution in [0.1, 0.15) is 0 Å². The molecule has 0 aliphatic heterocycles. The van der Waals surface area contributed by atoms with Crippen LogP contribution in [0, 0.1) is 0 Å². The lowest BCUT2D eigenvalue weighted by Crippen LogP contribution is -2.13. The fourth-order valence-corrected chi connectivity index (χ4v) is 2.70. The molecule has 0 aliphatic carbocycles. The highest BCUT2D eigenvalue weighted by molar-refractivity contribution is 8.00. The molecule has 110 valence electrons. The van der Waals surface area contributed by atoms with Gasteiger partial charge in [0.25, 0.3) is 0 Å². The molecule has 1 amide bonds. The third kappa shape index (κ3) is 4.84. The van der Waals surface area contributed by atoms with Gasteiger partial charge < -0.3 is 10.1 Å². The van der Waals surface area contributed by atoms with Crippen LogP contribution in [0.2, 0.25) is 10.0 Å². The van der Waals surface area contributed by atoms with Gasteiger partial charge in [-0.2, -0.15) is 0 Å². The van der Waals surface area contributed by atoms with Crippen LogP contribution in [0.15, 0.2) is 47.4 Å². The molecule has 6 heteroatoms. The lowest BCUT2D eigenvalue weighted by molar-refractivity contribution is -0.113. The van der Waals surface area contributed by atoms with E-state index < -0.39 is 0 Å². The van der Waals surface area contributed by atoms with Gasteiger partial charge in [0.2, 0.25) is 5.91 Å². The van der Waals surface area contributed by atoms with E-state index >= 15 is 0 Å². The van der Waals surface area contributed by atoms with E-state index in [-0.39, 0.29) is 5.91 Å². The summed E-state index contributed by atoms with van der Waals surface area (Å²) >= 11 is 13.3. The lowest BCUT2D eigenvalue weighted by Gasteiger charge is -2.08.